The third kappa shape index (κ3) is 4.11. The fraction of sp³-hybridized carbons (Fsp3) is 0.0714. The van der Waals surface area contributed by atoms with Crippen LogP contribution in [0.1, 0.15) is 25.0 Å². The molecule has 4 nitrogen and oxygen atoms in total. The van der Waals surface area contributed by atoms with Crippen molar-refractivity contribution in [3.63, 3.8) is 0 Å². The van der Waals surface area contributed by atoms with Crippen LogP contribution in [-0.2, 0) is 5.41 Å². The standard InChI is InChI=1S/C42H29N3O/c1-42(2)35-19-10-9-16-31(35)32-22-20-28(24-36(32)42)30-17-11-18-34-33-23-21-29(25-37(33)46-38(30)34)41-44-39(26-12-5-3-6-13-26)43-40(45-41)27-14-7-4-8-15-27/h3-25H,1-2H3. The Hall–Kier alpha value is -5.87. The van der Waals surface area contributed by atoms with Gasteiger partial charge in [-0.15, -0.1) is 0 Å². The maximum atomic E-state index is 6.69. The average Bonchev–Trinajstić information content (AvgIpc) is 3.60. The van der Waals surface area contributed by atoms with Crippen molar-refractivity contribution < 1.29 is 4.42 Å². The SMILES string of the molecule is CC1(C)c2ccccc2-c2ccc(-c3cccc4c3oc3cc(-c5nc(-c6ccccc6)nc(-c6ccccc6)n5)ccc34)cc21. The summed E-state index contributed by atoms with van der Waals surface area (Å²) in [6, 6.07) is 48.4. The summed E-state index contributed by atoms with van der Waals surface area (Å²) in [6.45, 7) is 4.64. The molecule has 0 saturated heterocycles. The van der Waals surface area contributed by atoms with Crippen molar-refractivity contribution in [3.8, 4) is 56.4 Å². The van der Waals surface area contributed by atoms with Gasteiger partial charge in [0.05, 0.1) is 0 Å². The first-order chi connectivity index (χ1) is 22.5. The highest BCUT2D eigenvalue weighted by Crippen LogP contribution is 2.50. The summed E-state index contributed by atoms with van der Waals surface area (Å²) in [7, 11) is 0. The van der Waals surface area contributed by atoms with Crippen LogP contribution in [0.3, 0.4) is 0 Å². The van der Waals surface area contributed by atoms with Crippen LogP contribution in [0.15, 0.2) is 144 Å². The van der Waals surface area contributed by atoms with Gasteiger partial charge in [0.1, 0.15) is 11.2 Å². The Morgan fingerprint density at radius 1 is 0.435 bits per heavy atom. The first-order valence-electron chi connectivity index (χ1n) is 15.6. The lowest BCUT2D eigenvalue weighted by Gasteiger charge is -2.22. The molecule has 2 aromatic heterocycles. The molecule has 0 unspecified atom stereocenters. The Labute approximate surface area is 267 Å². The number of aromatic nitrogens is 3. The molecule has 0 spiro atoms. The van der Waals surface area contributed by atoms with Gasteiger partial charge in [0.15, 0.2) is 17.5 Å². The minimum atomic E-state index is -0.0691. The van der Waals surface area contributed by atoms with E-state index < -0.39 is 0 Å². The lowest BCUT2D eigenvalue weighted by Crippen LogP contribution is -2.14. The van der Waals surface area contributed by atoms with Crippen LogP contribution in [0.4, 0.5) is 0 Å². The molecule has 9 rings (SSSR count). The predicted octanol–water partition coefficient (Wildman–Crippen LogP) is 10.7. The highest BCUT2D eigenvalue weighted by atomic mass is 16.3. The molecule has 0 atom stereocenters. The van der Waals surface area contributed by atoms with E-state index in [9.17, 15) is 0 Å². The predicted molar refractivity (Wildman–Crippen MR) is 186 cm³/mol. The molecule has 2 heterocycles. The van der Waals surface area contributed by atoms with Crippen molar-refractivity contribution in [2.45, 2.75) is 19.3 Å². The zero-order chi connectivity index (χ0) is 30.8. The zero-order valence-electron chi connectivity index (χ0n) is 25.5. The Kier molecular flexibility index (Phi) is 5.81. The van der Waals surface area contributed by atoms with E-state index in [0.29, 0.717) is 17.5 Å². The van der Waals surface area contributed by atoms with Crippen molar-refractivity contribution in [3.05, 3.63) is 151 Å². The Morgan fingerprint density at radius 2 is 1.02 bits per heavy atom. The fourth-order valence-corrected chi connectivity index (χ4v) is 6.97. The Morgan fingerprint density at radius 3 is 1.74 bits per heavy atom. The largest absolute Gasteiger partial charge is 0.455 e. The van der Waals surface area contributed by atoms with E-state index in [1.165, 1.54) is 22.3 Å². The summed E-state index contributed by atoms with van der Waals surface area (Å²) < 4.78 is 6.69. The van der Waals surface area contributed by atoms with Gasteiger partial charge in [-0.25, -0.2) is 15.0 Å². The molecule has 0 amide bonds. The van der Waals surface area contributed by atoms with Gasteiger partial charge in [-0.3, -0.25) is 0 Å². The van der Waals surface area contributed by atoms with Crippen molar-refractivity contribution in [2.24, 2.45) is 0 Å². The van der Waals surface area contributed by atoms with Gasteiger partial charge in [0, 0.05) is 38.4 Å². The molecular formula is C42H29N3O. The van der Waals surface area contributed by atoms with Gasteiger partial charge in [0.2, 0.25) is 0 Å². The van der Waals surface area contributed by atoms with Crippen LogP contribution in [0.5, 0.6) is 0 Å². The monoisotopic (exact) mass is 591 g/mol. The van der Waals surface area contributed by atoms with Crippen LogP contribution in [0.25, 0.3) is 78.4 Å². The Balaban J connectivity index is 1.18. The van der Waals surface area contributed by atoms with Gasteiger partial charge < -0.3 is 4.42 Å². The third-order valence-corrected chi connectivity index (χ3v) is 9.35. The minimum absolute atomic E-state index is 0.0691. The second-order valence-corrected chi connectivity index (χ2v) is 12.5. The summed E-state index contributed by atoms with van der Waals surface area (Å²) in [5, 5.41) is 2.16. The highest BCUT2D eigenvalue weighted by Gasteiger charge is 2.35. The average molecular weight is 592 g/mol. The number of benzene rings is 6. The molecule has 1 aliphatic carbocycles. The quantitative estimate of drug-likeness (QED) is 0.204. The number of rotatable bonds is 4. The normalized spacial score (nSPS) is 13.2. The number of furan rings is 1. The summed E-state index contributed by atoms with van der Waals surface area (Å²) in [4.78, 5) is 14.7. The van der Waals surface area contributed by atoms with Crippen molar-refractivity contribution >= 4 is 21.9 Å². The van der Waals surface area contributed by atoms with Crippen molar-refractivity contribution in [2.75, 3.05) is 0 Å². The maximum absolute atomic E-state index is 6.69. The lowest BCUT2D eigenvalue weighted by molar-refractivity contribution is 0.660. The van der Waals surface area contributed by atoms with E-state index in [4.69, 9.17) is 19.4 Å². The molecule has 0 N–H and O–H groups in total. The molecule has 0 aliphatic heterocycles. The third-order valence-electron chi connectivity index (χ3n) is 9.35. The molecule has 8 aromatic rings. The number of para-hydroxylation sites is 1. The van der Waals surface area contributed by atoms with E-state index in [-0.39, 0.29) is 5.41 Å². The van der Waals surface area contributed by atoms with Crippen molar-refractivity contribution in [1.29, 1.82) is 0 Å². The molecular weight excluding hydrogens is 562 g/mol. The first kappa shape index (κ1) is 26.5. The van der Waals surface area contributed by atoms with Gasteiger partial charge in [-0.1, -0.05) is 135 Å². The van der Waals surface area contributed by atoms with Gasteiger partial charge in [-0.2, -0.15) is 0 Å². The first-order valence-corrected chi connectivity index (χ1v) is 15.6. The molecule has 46 heavy (non-hydrogen) atoms. The van der Waals surface area contributed by atoms with E-state index in [1.807, 2.05) is 60.7 Å². The molecule has 6 aromatic carbocycles. The van der Waals surface area contributed by atoms with Crippen LogP contribution in [0.2, 0.25) is 0 Å². The van der Waals surface area contributed by atoms with Crippen LogP contribution in [-0.4, -0.2) is 15.0 Å². The minimum Gasteiger partial charge on any atom is -0.455 e. The van der Waals surface area contributed by atoms with Crippen LogP contribution in [0, 0.1) is 0 Å². The highest BCUT2D eigenvalue weighted by molar-refractivity contribution is 6.10. The zero-order valence-corrected chi connectivity index (χ0v) is 25.5. The molecule has 1 aliphatic rings. The summed E-state index contributed by atoms with van der Waals surface area (Å²) in [6.07, 6.45) is 0. The van der Waals surface area contributed by atoms with E-state index in [1.54, 1.807) is 0 Å². The smallest absolute Gasteiger partial charge is 0.164 e. The van der Waals surface area contributed by atoms with Crippen molar-refractivity contribution in [1.82, 2.24) is 15.0 Å². The molecule has 0 saturated carbocycles. The van der Waals surface area contributed by atoms with Crippen LogP contribution < -0.4 is 0 Å². The molecule has 0 bridgehead atoms. The second kappa shape index (κ2) is 10.1. The fourth-order valence-electron chi connectivity index (χ4n) is 6.97. The summed E-state index contributed by atoms with van der Waals surface area (Å²) in [5.74, 6) is 1.88. The maximum Gasteiger partial charge on any atom is 0.164 e. The molecule has 4 heteroatoms. The molecule has 0 radical (unpaired) electrons. The number of hydrogen-bond acceptors (Lipinski definition) is 4. The molecule has 218 valence electrons. The van der Waals surface area contributed by atoms with Gasteiger partial charge >= 0.3 is 0 Å². The van der Waals surface area contributed by atoms with E-state index in [2.05, 4.69) is 92.7 Å². The van der Waals surface area contributed by atoms with Gasteiger partial charge in [0.25, 0.3) is 0 Å². The number of nitrogens with zero attached hydrogens (tertiary/aromatic N) is 3. The van der Waals surface area contributed by atoms with E-state index in [0.717, 1.165) is 49.8 Å². The molecule has 0 fully saturated rings. The summed E-state index contributed by atoms with van der Waals surface area (Å²) >= 11 is 0. The number of hydrogen-bond donors (Lipinski definition) is 0. The van der Waals surface area contributed by atoms with Gasteiger partial charge in [-0.05, 0) is 46.0 Å². The lowest BCUT2D eigenvalue weighted by atomic mass is 9.81. The van der Waals surface area contributed by atoms with Crippen LogP contribution >= 0.6 is 0 Å². The number of fused-ring (bicyclic) bond motifs is 6. The Bertz CT molecular complexity index is 2380. The topological polar surface area (TPSA) is 51.8 Å². The second-order valence-electron chi connectivity index (χ2n) is 12.5. The van der Waals surface area contributed by atoms with E-state index >= 15 is 0 Å². The summed E-state index contributed by atoms with van der Waals surface area (Å²) in [5.41, 5.74) is 12.0.